The van der Waals surface area contributed by atoms with Crippen molar-refractivity contribution in [1.29, 1.82) is 0 Å². The number of rotatable bonds is 7. The fourth-order valence-electron chi connectivity index (χ4n) is 1.51. The van der Waals surface area contributed by atoms with E-state index >= 15 is 0 Å². The van der Waals surface area contributed by atoms with Crippen LogP contribution in [0.4, 0.5) is 0 Å². The third kappa shape index (κ3) is 5.39. The zero-order valence-electron chi connectivity index (χ0n) is 11.7. The van der Waals surface area contributed by atoms with Gasteiger partial charge in [-0.25, -0.2) is 13.2 Å². The number of thioether (sulfide) groups is 1. The molecule has 0 aliphatic heterocycles. The number of benzene rings is 1. The minimum atomic E-state index is -3.24. The summed E-state index contributed by atoms with van der Waals surface area (Å²) in [6, 6.07) is 5.26. The van der Waals surface area contributed by atoms with Gasteiger partial charge >= 0.3 is 5.97 Å². The van der Waals surface area contributed by atoms with Gasteiger partial charge in [0, 0.05) is 17.6 Å². The van der Waals surface area contributed by atoms with Crippen LogP contribution in [0.3, 0.4) is 0 Å². The van der Waals surface area contributed by atoms with Crippen molar-refractivity contribution in [1.82, 2.24) is 5.32 Å². The van der Waals surface area contributed by atoms with Crippen molar-refractivity contribution in [2.24, 2.45) is 0 Å². The van der Waals surface area contributed by atoms with E-state index in [9.17, 15) is 18.0 Å². The molecule has 1 amide bonds. The Morgan fingerprint density at radius 3 is 2.29 bits per heavy atom. The van der Waals surface area contributed by atoms with Crippen LogP contribution in [0.1, 0.15) is 13.8 Å². The molecule has 1 aromatic carbocycles. The highest BCUT2D eigenvalue weighted by molar-refractivity contribution is 7.99. The Hall–Kier alpha value is -1.54. The fourth-order valence-corrected chi connectivity index (χ4v) is 3.31. The molecular weight excluding hydrogens is 314 g/mol. The number of carboxylic acid groups (broad SMARTS) is 1. The maximum Gasteiger partial charge on any atom is 0.327 e. The van der Waals surface area contributed by atoms with Crippen molar-refractivity contribution in [3.63, 3.8) is 0 Å². The van der Waals surface area contributed by atoms with Gasteiger partial charge in [-0.15, -0.1) is 11.8 Å². The molecule has 0 radical (unpaired) electrons. The van der Waals surface area contributed by atoms with Crippen LogP contribution in [0, 0.1) is 0 Å². The van der Waals surface area contributed by atoms with Gasteiger partial charge in [-0.05, 0) is 24.3 Å². The minimum absolute atomic E-state index is 0.0309. The summed E-state index contributed by atoms with van der Waals surface area (Å²) in [5.74, 6) is -1.33. The van der Waals surface area contributed by atoms with Crippen molar-refractivity contribution in [2.75, 3.05) is 11.5 Å². The Morgan fingerprint density at radius 1 is 1.29 bits per heavy atom. The number of nitrogens with one attached hydrogen (secondary N) is 1. The summed E-state index contributed by atoms with van der Waals surface area (Å²) in [5, 5.41) is 11.3. The highest BCUT2D eigenvalue weighted by Crippen LogP contribution is 2.21. The first-order valence-corrected chi connectivity index (χ1v) is 8.85. The van der Waals surface area contributed by atoms with Gasteiger partial charge in [0.05, 0.1) is 10.6 Å². The molecule has 0 aromatic heterocycles. The van der Waals surface area contributed by atoms with E-state index in [0.29, 0.717) is 0 Å². The fraction of sp³-hybridized carbons (Fsp3) is 0.385. The van der Waals surface area contributed by atoms with E-state index in [0.717, 1.165) is 4.90 Å². The highest BCUT2D eigenvalue weighted by atomic mass is 32.2. The van der Waals surface area contributed by atoms with Crippen LogP contribution < -0.4 is 5.32 Å². The molecule has 0 aliphatic rings. The van der Waals surface area contributed by atoms with E-state index in [1.807, 2.05) is 0 Å². The number of amides is 1. The molecule has 0 fully saturated rings. The molecule has 1 atom stereocenters. The Balaban J connectivity index is 2.72. The normalized spacial score (nSPS) is 12.7. The second kappa shape index (κ2) is 7.46. The van der Waals surface area contributed by atoms with Crippen LogP contribution >= 0.6 is 11.8 Å². The molecule has 21 heavy (non-hydrogen) atoms. The van der Waals surface area contributed by atoms with Crippen molar-refractivity contribution in [3.8, 4) is 0 Å². The quantitative estimate of drug-likeness (QED) is 0.727. The lowest BCUT2D eigenvalue weighted by Gasteiger charge is -2.12. The SMILES string of the molecule is CCS(=O)(=O)c1ccc(SC[C@H](NC(C)=O)C(=O)O)cc1. The zero-order chi connectivity index (χ0) is 16.0. The standard InChI is InChI=1S/C13H17NO5S2/c1-3-21(18,19)11-6-4-10(5-7-11)20-8-12(13(16)17)14-9(2)15/h4-7,12H,3,8H2,1-2H3,(H,14,15)(H,16,17)/t12-/m0/s1. The van der Waals surface area contributed by atoms with Crippen molar-refractivity contribution in [2.45, 2.75) is 29.7 Å². The van der Waals surface area contributed by atoms with Crippen LogP contribution in [-0.4, -0.2) is 42.9 Å². The molecule has 0 saturated heterocycles. The average molecular weight is 331 g/mol. The number of carbonyl (C=O) groups is 2. The molecule has 0 heterocycles. The summed E-state index contributed by atoms with van der Waals surface area (Å²) in [7, 11) is -3.24. The minimum Gasteiger partial charge on any atom is -0.480 e. The van der Waals surface area contributed by atoms with Gasteiger partial charge in [0.15, 0.2) is 9.84 Å². The molecule has 0 spiro atoms. The van der Waals surface area contributed by atoms with E-state index in [2.05, 4.69) is 5.32 Å². The monoisotopic (exact) mass is 331 g/mol. The van der Waals surface area contributed by atoms with Gasteiger partial charge in [0.25, 0.3) is 0 Å². The molecule has 2 N–H and O–H groups in total. The second-order valence-corrected chi connectivity index (χ2v) is 7.65. The van der Waals surface area contributed by atoms with Gasteiger partial charge in [0.1, 0.15) is 6.04 Å². The van der Waals surface area contributed by atoms with Crippen LogP contribution in [-0.2, 0) is 19.4 Å². The van der Waals surface area contributed by atoms with Crippen LogP contribution in [0.5, 0.6) is 0 Å². The number of sulfone groups is 1. The summed E-state index contributed by atoms with van der Waals surface area (Å²) in [5.41, 5.74) is 0. The molecule has 8 heteroatoms. The summed E-state index contributed by atoms with van der Waals surface area (Å²) in [6.45, 7) is 2.83. The molecule has 0 unspecified atom stereocenters. The Morgan fingerprint density at radius 2 is 1.86 bits per heavy atom. The largest absolute Gasteiger partial charge is 0.480 e. The summed E-state index contributed by atoms with van der Waals surface area (Å²) in [4.78, 5) is 22.9. The summed E-state index contributed by atoms with van der Waals surface area (Å²) < 4.78 is 23.3. The second-order valence-electron chi connectivity index (χ2n) is 4.28. The van der Waals surface area contributed by atoms with Gasteiger partial charge < -0.3 is 10.4 Å². The van der Waals surface area contributed by atoms with E-state index in [1.54, 1.807) is 19.1 Å². The maximum atomic E-state index is 11.7. The molecule has 116 valence electrons. The van der Waals surface area contributed by atoms with Crippen LogP contribution in [0.2, 0.25) is 0 Å². The number of hydrogen-bond acceptors (Lipinski definition) is 5. The van der Waals surface area contributed by atoms with Gasteiger partial charge in [-0.2, -0.15) is 0 Å². The van der Waals surface area contributed by atoms with Crippen molar-refractivity contribution in [3.05, 3.63) is 24.3 Å². The third-order valence-electron chi connectivity index (χ3n) is 2.66. The number of aliphatic carboxylic acids is 1. The van der Waals surface area contributed by atoms with E-state index < -0.39 is 27.8 Å². The van der Waals surface area contributed by atoms with Crippen molar-refractivity contribution >= 4 is 33.5 Å². The first-order valence-electron chi connectivity index (χ1n) is 6.21. The molecule has 0 bridgehead atoms. The van der Waals surface area contributed by atoms with Gasteiger partial charge in [0.2, 0.25) is 5.91 Å². The highest BCUT2D eigenvalue weighted by Gasteiger charge is 2.18. The molecule has 1 rings (SSSR count). The average Bonchev–Trinajstić information content (AvgIpc) is 2.43. The Bertz CT molecular complexity index is 610. The van der Waals surface area contributed by atoms with Crippen molar-refractivity contribution < 1.29 is 23.1 Å². The first-order chi connectivity index (χ1) is 9.76. The lowest BCUT2D eigenvalue weighted by Crippen LogP contribution is -2.41. The summed E-state index contributed by atoms with van der Waals surface area (Å²) in [6.07, 6.45) is 0. The van der Waals surface area contributed by atoms with Gasteiger partial charge in [-0.1, -0.05) is 6.92 Å². The van der Waals surface area contributed by atoms with Gasteiger partial charge in [-0.3, -0.25) is 4.79 Å². The van der Waals surface area contributed by atoms with Crippen LogP contribution in [0.25, 0.3) is 0 Å². The third-order valence-corrected chi connectivity index (χ3v) is 5.51. The molecule has 0 aliphatic carbocycles. The number of carboxylic acids is 1. The smallest absolute Gasteiger partial charge is 0.327 e. The molecule has 0 saturated carbocycles. The van der Waals surface area contributed by atoms with E-state index in [-0.39, 0.29) is 16.4 Å². The zero-order valence-corrected chi connectivity index (χ0v) is 13.3. The Labute approximate surface area is 127 Å². The lowest BCUT2D eigenvalue weighted by atomic mass is 10.3. The molecule has 6 nitrogen and oxygen atoms in total. The topological polar surface area (TPSA) is 101 Å². The predicted octanol–water partition coefficient (Wildman–Crippen LogP) is 1.16. The van der Waals surface area contributed by atoms with Crippen LogP contribution in [0.15, 0.2) is 34.1 Å². The molecular formula is C13H17NO5S2. The summed E-state index contributed by atoms with van der Waals surface area (Å²) >= 11 is 1.24. The lowest BCUT2D eigenvalue weighted by molar-refractivity contribution is -0.140. The van der Waals surface area contributed by atoms with E-state index in [4.69, 9.17) is 5.11 Å². The van der Waals surface area contributed by atoms with E-state index in [1.165, 1.54) is 30.8 Å². The number of carbonyl (C=O) groups excluding carboxylic acids is 1. The Kier molecular flexibility index (Phi) is 6.22. The molecule has 1 aromatic rings. The first kappa shape index (κ1) is 17.5. The maximum absolute atomic E-state index is 11.7. The number of hydrogen-bond donors (Lipinski definition) is 2. The predicted molar refractivity (Wildman–Crippen MR) is 80.1 cm³/mol.